The second-order valence-corrected chi connectivity index (χ2v) is 8.33. The molecule has 0 aromatic heterocycles. The molecule has 200 valence electrons. The maximum absolute atomic E-state index is 10.6. The van der Waals surface area contributed by atoms with E-state index in [1.165, 1.54) is 0 Å². The van der Waals surface area contributed by atoms with Crippen LogP contribution in [0.1, 0.15) is 0 Å². The summed E-state index contributed by atoms with van der Waals surface area (Å²) in [6.45, 7) is -2.33. The molecule has 16 nitrogen and oxygen atoms in total. The number of aliphatic hydroxyl groups excluding tert-OH is 11. The number of rotatable bonds is 7. The fourth-order valence-corrected chi connectivity index (χ4v) is 4.03. The fourth-order valence-electron chi connectivity index (χ4n) is 4.03. The van der Waals surface area contributed by atoms with Gasteiger partial charge in [0, 0.05) is 0 Å². The first-order valence-corrected chi connectivity index (χ1v) is 10.6. The highest BCUT2D eigenvalue weighted by molar-refractivity contribution is 4.96. The van der Waals surface area contributed by atoms with Gasteiger partial charge in [0.2, 0.25) is 0 Å². The SMILES string of the molecule is OC[C@H]1O[C@@H](O[C@H]2[C@H](O)[C@@H](CO)O[C@H](O)[C@@H]2O[C@H]2O[C@H](CO)[C@@H](O)[C@H](O)[C@H]2O)[C@H](O)[C@@H](O)[C@@H]1O. The maximum atomic E-state index is 10.6. The molecule has 0 saturated carbocycles. The maximum Gasteiger partial charge on any atom is 0.187 e. The molecule has 3 aliphatic rings. The standard InChI is InChI=1S/C18H32O16/c19-1-4-7(22)10(25)12(27)17(31-4)33-14-9(24)6(3-21)30-16(29)15(14)34-18-13(28)11(26)8(23)5(2-20)32-18/h4-29H,1-3H2/t4-,5-,6-,7-,8-,9-,10+,11+,12-,13-,14+,15-,16+,17+,18-/m1/s1. The van der Waals surface area contributed by atoms with Gasteiger partial charge in [-0.15, -0.1) is 0 Å². The second kappa shape index (κ2) is 11.6. The average Bonchev–Trinajstić information content (AvgIpc) is 2.83. The van der Waals surface area contributed by atoms with Crippen molar-refractivity contribution in [2.24, 2.45) is 0 Å². The zero-order valence-electron chi connectivity index (χ0n) is 17.7. The van der Waals surface area contributed by atoms with Gasteiger partial charge in [0.15, 0.2) is 18.9 Å². The van der Waals surface area contributed by atoms with Crippen LogP contribution >= 0.6 is 0 Å². The Morgan fingerprint density at radius 1 is 0.441 bits per heavy atom. The molecule has 0 amide bonds. The summed E-state index contributed by atoms with van der Waals surface area (Å²) in [5, 5.41) is 109. The summed E-state index contributed by atoms with van der Waals surface area (Å²) < 4.78 is 26.5. The van der Waals surface area contributed by atoms with Crippen LogP contribution in [-0.2, 0) is 23.7 Å². The van der Waals surface area contributed by atoms with Crippen LogP contribution in [0.25, 0.3) is 0 Å². The predicted molar refractivity (Wildman–Crippen MR) is 101 cm³/mol. The minimum atomic E-state index is -1.94. The summed E-state index contributed by atoms with van der Waals surface area (Å²) >= 11 is 0. The lowest BCUT2D eigenvalue weighted by atomic mass is 9.96. The molecule has 3 rings (SSSR count). The molecule has 0 unspecified atom stereocenters. The van der Waals surface area contributed by atoms with Crippen LogP contribution in [0.2, 0.25) is 0 Å². The lowest BCUT2D eigenvalue weighted by molar-refractivity contribution is -0.387. The third-order valence-corrected chi connectivity index (χ3v) is 6.10. The Hall–Kier alpha value is -0.640. The zero-order valence-corrected chi connectivity index (χ0v) is 17.7. The molecule has 3 aliphatic heterocycles. The van der Waals surface area contributed by atoms with Crippen molar-refractivity contribution in [2.75, 3.05) is 19.8 Å². The molecule has 3 saturated heterocycles. The Kier molecular flexibility index (Phi) is 9.54. The molecule has 15 atom stereocenters. The largest absolute Gasteiger partial charge is 0.394 e. The molecule has 34 heavy (non-hydrogen) atoms. The second-order valence-electron chi connectivity index (χ2n) is 8.33. The minimum Gasteiger partial charge on any atom is -0.394 e. The Labute approximate surface area is 192 Å². The summed E-state index contributed by atoms with van der Waals surface area (Å²) in [5.41, 5.74) is 0. The lowest BCUT2D eigenvalue weighted by Gasteiger charge is -2.48. The van der Waals surface area contributed by atoms with E-state index in [1.54, 1.807) is 0 Å². The van der Waals surface area contributed by atoms with E-state index in [0.717, 1.165) is 0 Å². The third-order valence-electron chi connectivity index (χ3n) is 6.10. The highest BCUT2D eigenvalue weighted by Crippen LogP contribution is 2.32. The van der Waals surface area contributed by atoms with Gasteiger partial charge in [-0.1, -0.05) is 0 Å². The highest BCUT2D eigenvalue weighted by Gasteiger charge is 2.53. The van der Waals surface area contributed by atoms with Gasteiger partial charge in [-0.05, 0) is 0 Å². The smallest absolute Gasteiger partial charge is 0.187 e. The summed E-state index contributed by atoms with van der Waals surface area (Å²) in [6.07, 6.45) is -25.6. The van der Waals surface area contributed by atoms with Crippen LogP contribution in [0.3, 0.4) is 0 Å². The monoisotopic (exact) mass is 504 g/mol. The summed E-state index contributed by atoms with van der Waals surface area (Å²) in [6, 6.07) is 0. The van der Waals surface area contributed by atoms with Crippen molar-refractivity contribution in [1.82, 2.24) is 0 Å². The van der Waals surface area contributed by atoms with E-state index in [-0.39, 0.29) is 0 Å². The number of hydrogen-bond acceptors (Lipinski definition) is 16. The van der Waals surface area contributed by atoms with Crippen LogP contribution < -0.4 is 0 Å². The van der Waals surface area contributed by atoms with E-state index >= 15 is 0 Å². The zero-order chi connectivity index (χ0) is 25.3. The molecule has 0 aliphatic carbocycles. The molecule has 0 radical (unpaired) electrons. The normalized spacial score (nSPS) is 52.5. The van der Waals surface area contributed by atoms with Gasteiger partial charge in [-0.3, -0.25) is 0 Å². The van der Waals surface area contributed by atoms with Gasteiger partial charge in [0.25, 0.3) is 0 Å². The first-order valence-electron chi connectivity index (χ1n) is 10.6. The number of ether oxygens (including phenoxy) is 5. The molecular weight excluding hydrogens is 472 g/mol. The van der Waals surface area contributed by atoms with E-state index in [9.17, 15) is 56.2 Å². The minimum absolute atomic E-state index is 0.769. The molecule has 3 heterocycles. The quantitative estimate of drug-likeness (QED) is 0.154. The van der Waals surface area contributed by atoms with Gasteiger partial charge in [-0.2, -0.15) is 0 Å². The summed E-state index contributed by atoms with van der Waals surface area (Å²) in [7, 11) is 0. The van der Waals surface area contributed by atoms with Crippen molar-refractivity contribution in [3.8, 4) is 0 Å². The highest BCUT2D eigenvalue weighted by atomic mass is 16.8. The molecule has 16 heteroatoms. The van der Waals surface area contributed by atoms with E-state index in [1.807, 2.05) is 0 Å². The van der Waals surface area contributed by atoms with Crippen LogP contribution in [0.5, 0.6) is 0 Å². The van der Waals surface area contributed by atoms with Crippen molar-refractivity contribution in [2.45, 2.75) is 92.1 Å². The molecule has 0 aromatic carbocycles. The number of aliphatic hydroxyl groups is 11. The summed E-state index contributed by atoms with van der Waals surface area (Å²) in [5.74, 6) is 0. The van der Waals surface area contributed by atoms with Gasteiger partial charge in [0.1, 0.15) is 73.2 Å². The molecule has 11 N–H and O–H groups in total. The van der Waals surface area contributed by atoms with Crippen molar-refractivity contribution in [3.05, 3.63) is 0 Å². The van der Waals surface area contributed by atoms with Crippen LogP contribution in [0.15, 0.2) is 0 Å². The molecular formula is C18H32O16. The summed E-state index contributed by atoms with van der Waals surface area (Å²) in [4.78, 5) is 0. The van der Waals surface area contributed by atoms with Crippen LogP contribution in [-0.4, -0.2) is 168 Å². The van der Waals surface area contributed by atoms with Gasteiger partial charge in [-0.25, -0.2) is 0 Å². The van der Waals surface area contributed by atoms with Crippen LogP contribution in [0.4, 0.5) is 0 Å². The Balaban J connectivity index is 1.83. The first-order chi connectivity index (χ1) is 16.0. The predicted octanol–water partition coefficient (Wildman–Crippen LogP) is -7.57. The van der Waals surface area contributed by atoms with Crippen molar-refractivity contribution < 1.29 is 79.9 Å². The van der Waals surface area contributed by atoms with E-state index in [2.05, 4.69) is 0 Å². The molecule has 3 fully saturated rings. The lowest BCUT2D eigenvalue weighted by Crippen LogP contribution is -2.67. The molecule has 0 spiro atoms. The fraction of sp³-hybridized carbons (Fsp3) is 1.00. The van der Waals surface area contributed by atoms with Crippen molar-refractivity contribution in [1.29, 1.82) is 0 Å². The van der Waals surface area contributed by atoms with Crippen molar-refractivity contribution in [3.63, 3.8) is 0 Å². The third kappa shape index (κ3) is 5.37. The van der Waals surface area contributed by atoms with E-state index in [4.69, 9.17) is 23.7 Å². The van der Waals surface area contributed by atoms with Gasteiger partial charge >= 0.3 is 0 Å². The first kappa shape index (κ1) is 27.9. The topological polar surface area (TPSA) is 269 Å². The molecule has 0 aromatic rings. The Morgan fingerprint density at radius 3 is 1.24 bits per heavy atom. The number of hydrogen-bond donors (Lipinski definition) is 11. The van der Waals surface area contributed by atoms with Crippen molar-refractivity contribution >= 4 is 0 Å². The van der Waals surface area contributed by atoms with Gasteiger partial charge in [0.05, 0.1) is 19.8 Å². The Bertz CT molecular complexity index is 637. The van der Waals surface area contributed by atoms with E-state index in [0.29, 0.717) is 0 Å². The van der Waals surface area contributed by atoms with E-state index < -0.39 is 112 Å². The average molecular weight is 504 g/mol. The molecule has 0 bridgehead atoms. The van der Waals surface area contributed by atoms with Crippen LogP contribution in [0, 0.1) is 0 Å². The van der Waals surface area contributed by atoms with Gasteiger partial charge < -0.3 is 79.9 Å². The Morgan fingerprint density at radius 2 is 0.824 bits per heavy atom.